The van der Waals surface area contributed by atoms with Crippen molar-refractivity contribution < 1.29 is 12.8 Å². The number of nitrogens with zero attached hydrogens (tertiary/aromatic N) is 2. The highest BCUT2D eigenvalue weighted by Crippen LogP contribution is 2.22. The van der Waals surface area contributed by atoms with E-state index in [1.165, 1.54) is 6.07 Å². The molecule has 0 bridgehead atoms. The molecule has 0 unspecified atom stereocenters. The molecule has 0 aliphatic carbocycles. The van der Waals surface area contributed by atoms with Gasteiger partial charge in [-0.3, -0.25) is 0 Å². The summed E-state index contributed by atoms with van der Waals surface area (Å²) in [4.78, 5) is 5.90. The van der Waals surface area contributed by atoms with E-state index in [-0.39, 0.29) is 17.4 Å². The van der Waals surface area contributed by atoms with Gasteiger partial charge in [0.05, 0.1) is 23.6 Å². The Bertz CT molecular complexity index is 536. The zero-order valence-electron chi connectivity index (χ0n) is 9.77. The molecule has 1 aromatic heterocycles. The molecule has 0 aromatic carbocycles. The fourth-order valence-electron chi connectivity index (χ4n) is 2.01. The largest absolute Gasteiger partial charge is 0.355 e. The molecule has 18 heavy (non-hydrogen) atoms. The number of hydrogen-bond acceptors (Lipinski definition) is 4. The maximum atomic E-state index is 13.1. The zero-order chi connectivity index (χ0) is 13.2. The smallest absolute Gasteiger partial charge is 0.152 e. The van der Waals surface area contributed by atoms with Crippen molar-refractivity contribution in [1.82, 2.24) is 4.98 Å². The lowest BCUT2D eigenvalue weighted by atomic mass is 10.2. The normalized spacial score (nSPS) is 19.6. The van der Waals surface area contributed by atoms with Crippen molar-refractivity contribution >= 4 is 27.3 Å². The van der Waals surface area contributed by atoms with E-state index in [0.29, 0.717) is 30.9 Å². The predicted molar refractivity (Wildman–Crippen MR) is 69.2 cm³/mol. The van der Waals surface area contributed by atoms with E-state index in [2.05, 4.69) is 4.98 Å². The number of alkyl halides is 1. The summed E-state index contributed by atoms with van der Waals surface area (Å²) in [6.07, 6.45) is 1.69. The summed E-state index contributed by atoms with van der Waals surface area (Å²) in [5, 5.41) is 0. The van der Waals surface area contributed by atoms with Gasteiger partial charge in [0.15, 0.2) is 9.84 Å². The van der Waals surface area contributed by atoms with E-state index in [0.717, 1.165) is 6.20 Å². The molecule has 1 fully saturated rings. The highest BCUT2D eigenvalue weighted by molar-refractivity contribution is 7.91. The van der Waals surface area contributed by atoms with Gasteiger partial charge in [-0.1, -0.05) is 0 Å². The molecule has 0 radical (unpaired) electrons. The molecule has 0 amide bonds. The third-order valence-corrected chi connectivity index (χ3v) is 4.91. The van der Waals surface area contributed by atoms with Gasteiger partial charge < -0.3 is 4.90 Å². The average molecular weight is 293 g/mol. The first-order chi connectivity index (χ1) is 8.52. The summed E-state index contributed by atoms with van der Waals surface area (Å²) in [5.41, 5.74) is 0.593. The van der Waals surface area contributed by atoms with Crippen molar-refractivity contribution in [1.29, 1.82) is 0 Å². The van der Waals surface area contributed by atoms with E-state index < -0.39 is 15.7 Å². The number of aromatic nitrogens is 1. The van der Waals surface area contributed by atoms with E-state index in [4.69, 9.17) is 11.6 Å². The molecule has 0 atom stereocenters. The van der Waals surface area contributed by atoms with Gasteiger partial charge in [-0.25, -0.2) is 17.8 Å². The minimum atomic E-state index is -2.96. The molecule has 7 heteroatoms. The lowest BCUT2D eigenvalue weighted by molar-refractivity contribution is 0.597. The molecule has 2 heterocycles. The van der Waals surface area contributed by atoms with Crippen LogP contribution in [-0.4, -0.2) is 38.0 Å². The van der Waals surface area contributed by atoms with Crippen molar-refractivity contribution in [3.05, 3.63) is 23.6 Å². The van der Waals surface area contributed by atoms with Crippen LogP contribution in [0.1, 0.15) is 12.0 Å². The van der Waals surface area contributed by atoms with Crippen LogP contribution in [0.5, 0.6) is 0 Å². The van der Waals surface area contributed by atoms with Gasteiger partial charge in [-0.2, -0.15) is 0 Å². The van der Waals surface area contributed by atoms with Crippen molar-refractivity contribution in [2.45, 2.75) is 12.3 Å². The molecule has 4 nitrogen and oxygen atoms in total. The number of hydrogen-bond donors (Lipinski definition) is 0. The van der Waals surface area contributed by atoms with Crippen LogP contribution in [0.15, 0.2) is 12.3 Å². The first-order valence-corrected chi connectivity index (χ1v) is 8.03. The maximum absolute atomic E-state index is 13.1. The molecule has 100 valence electrons. The Balaban J connectivity index is 2.26. The molecule has 0 spiro atoms. The zero-order valence-corrected chi connectivity index (χ0v) is 11.3. The van der Waals surface area contributed by atoms with Gasteiger partial charge in [-0.05, 0) is 12.5 Å². The number of halogens is 2. The minimum absolute atomic E-state index is 0.105. The highest BCUT2D eigenvalue weighted by Gasteiger charge is 2.21. The minimum Gasteiger partial charge on any atom is -0.355 e. The lowest BCUT2D eigenvalue weighted by Gasteiger charge is -2.22. The van der Waals surface area contributed by atoms with Gasteiger partial charge in [0.2, 0.25) is 0 Å². The van der Waals surface area contributed by atoms with Crippen LogP contribution in [0.3, 0.4) is 0 Å². The van der Waals surface area contributed by atoms with Gasteiger partial charge in [0.25, 0.3) is 0 Å². The lowest BCUT2D eigenvalue weighted by Crippen LogP contribution is -2.28. The Morgan fingerprint density at radius 2 is 2.17 bits per heavy atom. The van der Waals surface area contributed by atoms with Crippen LogP contribution < -0.4 is 4.90 Å². The maximum Gasteiger partial charge on any atom is 0.152 e. The number of rotatable bonds is 2. The molecule has 0 saturated carbocycles. The number of pyridine rings is 1. The van der Waals surface area contributed by atoms with Crippen LogP contribution in [0, 0.1) is 5.82 Å². The summed E-state index contributed by atoms with van der Waals surface area (Å²) in [6, 6.07) is 1.34. The second kappa shape index (κ2) is 5.40. The fourth-order valence-corrected chi connectivity index (χ4v) is 3.48. The molecular formula is C11H14ClFN2O2S. The van der Waals surface area contributed by atoms with E-state index in [1.54, 1.807) is 0 Å². The predicted octanol–water partition coefficient (Wildman–Crippen LogP) is 1.58. The van der Waals surface area contributed by atoms with Crippen LogP contribution in [0.4, 0.5) is 10.2 Å². The quantitative estimate of drug-likeness (QED) is 0.777. The van der Waals surface area contributed by atoms with Gasteiger partial charge in [0.1, 0.15) is 11.6 Å². The fraction of sp³-hybridized carbons (Fsp3) is 0.545. The Morgan fingerprint density at radius 3 is 2.89 bits per heavy atom. The van der Waals surface area contributed by atoms with E-state index in [1.807, 2.05) is 4.90 Å². The van der Waals surface area contributed by atoms with Crippen LogP contribution in [0.2, 0.25) is 0 Å². The first kappa shape index (κ1) is 13.5. The van der Waals surface area contributed by atoms with E-state index in [9.17, 15) is 12.8 Å². The second-order valence-corrected chi connectivity index (χ2v) is 6.83. The molecule has 0 N–H and O–H groups in total. The van der Waals surface area contributed by atoms with Crippen LogP contribution >= 0.6 is 11.6 Å². The summed E-state index contributed by atoms with van der Waals surface area (Å²) < 4.78 is 36.1. The first-order valence-electron chi connectivity index (χ1n) is 5.67. The Morgan fingerprint density at radius 1 is 1.39 bits per heavy atom. The molecule has 1 aromatic rings. The highest BCUT2D eigenvalue weighted by atomic mass is 35.5. The number of sulfone groups is 1. The monoisotopic (exact) mass is 292 g/mol. The summed E-state index contributed by atoms with van der Waals surface area (Å²) in [7, 11) is -2.96. The van der Waals surface area contributed by atoms with Crippen molar-refractivity contribution in [2.75, 3.05) is 29.5 Å². The Hall–Kier alpha value is -0.880. The third-order valence-electron chi connectivity index (χ3n) is 2.91. The average Bonchev–Trinajstić information content (AvgIpc) is 2.50. The third kappa shape index (κ3) is 3.11. The standard InChI is InChI=1S/C11H14ClFN2O2S/c12-7-9-6-10(13)8-14-11(9)15-2-1-4-18(16,17)5-3-15/h6,8H,1-5,7H2. The van der Waals surface area contributed by atoms with Crippen molar-refractivity contribution in [3.63, 3.8) is 0 Å². The summed E-state index contributed by atoms with van der Waals surface area (Å²) >= 11 is 5.77. The Labute approximate surface area is 111 Å². The summed E-state index contributed by atoms with van der Waals surface area (Å²) in [5.74, 6) is 0.609. The summed E-state index contributed by atoms with van der Waals surface area (Å²) in [6.45, 7) is 0.979. The molecule has 1 aliphatic rings. The van der Waals surface area contributed by atoms with Crippen LogP contribution in [0.25, 0.3) is 0 Å². The molecule has 1 aliphatic heterocycles. The Kier molecular flexibility index (Phi) is 4.07. The van der Waals surface area contributed by atoms with Gasteiger partial charge >= 0.3 is 0 Å². The van der Waals surface area contributed by atoms with Crippen LogP contribution in [-0.2, 0) is 15.7 Å². The van der Waals surface area contributed by atoms with Crippen molar-refractivity contribution in [3.8, 4) is 0 Å². The molecular weight excluding hydrogens is 279 g/mol. The van der Waals surface area contributed by atoms with Crippen molar-refractivity contribution in [2.24, 2.45) is 0 Å². The topological polar surface area (TPSA) is 50.3 Å². The SMILES string of the molecule is O=S1(=O)CCCN(c2ncc(F)cc2CCl)CC1. The molecule has 2 rings (SSSR count). The number of anilines is 1. The van der Waals surface area contributed by atoms with Gasteiger partial charge in [0, 0.05) is 18.7 Å². The second-order valence-electron chi connectivity index (χ2n) is 4.26. The molecule has 1 saturated heterocycles. The van der Waals surface area contributed by atoms with E-state index >= 15 is 0 Å². The van der Waals surface area contributed by atoms with Gasteiger partial charge in [-0.15, -0.1) is 11.6 Å².